The fraction of sp³-hybridized carbons (Fsp3) is 0.267. The van der Waals surface area contributed by atoms with Crippen LogP contribution in [0.5, 0.6) is 0 Å². The van der Waals surface area contributed by atoms with Gasteiger partial charge >= 0.3 is 5.97 Å². The molecule has 0 aromatic heterocycles. The van der Waals surface area contributed by atoms with Crippen LogP contribution in [0.3, 0.4) is 0 Å². The molecule has 0 unspecified atom stereocenters. The van der Waals surface area contributed by atoms with Gasteiger partial charge in [-0.05, 0) is 29.2 Å². The summed E-state index contributed by atoms with van der Waals surface area (Å²) < 4.78 is 4.64. The van der Waals surface area contributed by atoms with E-state index in [-0.39, 0.29) is 5.97 Å². The molecule has 2 rings (SSSR count). The van der Waals surface area contributed by atoms with Gasteiger partial charge in [0.2, 0.25) is 0 Å². The summed E-state index contributed by atoms with van der Waals surface area (Å²) in [6.45, 7) is 0. The van der Waals surface area contributed by atoms with Crippen molar-refractivity contribution in [1.82, 2.24) is 0 Å². The van der Waals surface area contributed by atoms with E-state index >= 15 is 0 Å². The second-order valence-electron chi connectivity index (χ2n) is 4.07. The monoisotopic (exact) mass is 228 g/mol. The van der Waals surface area contributed by atoms with Crippen LogP contribution in [-0.4, -0.2) is 13.1 Å². The molecule has 2 aromatic carbocycles. The van der Waals surface area contributed by atoms with Crippen molar-refractivity contribution < 1.29 is 9.53 Å². The first kappa shape index (κ1) is 11.6. The topological polar surface area (TPSA) is 26.3 Å². The van der Waals surface area contributed by atoms with Gasteiger partial charge in [0.25, 0.3) is 0 Å². The van der Waals surface area contributed by atoms with Crippen molar-refractivity contribution in [2.24, 2.45) is 0 Å². The molecule has 0 aliphatic carbocycles. The molecule has 0 aliphatic heterocycles. The van der Waals surface area contributed by atoms with Crippen molar-refractivity contribution in [2.75, 3.05) is 7.11 Å². The number of rotatable bonds is 4. The quantitative estimate of drug-likeness (QED) is 0.750. The molecule has 0 bridgehead atoms. The number of fused-ring (bicyclic) bond motifs is 1. The van der Waals surface area contributed by atoms with E-state index in [1.54, 1.807) is 0 Å². The third-order valence-electron chi connectivity index (χ3n) is 2.93. The highest BCUT2D eigenvalue weighted by Gasteiger charge is 2.03. The van der Waals surface area contributed by atoms with Gasteiger partial charge in [-0.3, -0.25) is 4.79 Å². The van der Waals surface area contributed by atoms with Crippen LogP contribution in [0.15, 0.2) is 42.5 Å². The molecular formula is C15H16O2. The van der Waals surface area contributed by atoms with E-state index in [2.05, 4.69) is 35.1 Å². The molecule has 0 N–H and O–H groups in total. The first-order valence-corrected chi connectivity index (χ1v) is 5.84. The fourth-order valence-corrected chi connectivity index (χ4v) is 2.04. The first-order chi connectivity index (χ1) is 8.31. The average molecular weight is 228 g/mol. The van der Waals surface area contributed by atoms with Gasteiger partial charge in [-0.2, -0.15) is 0 Å². The molecule has 2 aromatic rings. The van der Waals surface area contributed by atoms with Gasteiger partial charge in [0, 0.05) is 6.42 Å². The zero-order chi connectivity index (χ0) is 12.1. The van der Waals surface area contributed by atoms with Crippen molar-refractivity contribution in [3.63, 3.8) is 0 Å². The highest BCUT2D eigenvalue weighted by Crippen LogP contribution is 2.20. The molecule has 0 spiro atoms. The van der Waals surface area contributed by atoms with Crippen LogP contribution in [0.4, 0.5) is 0 Å². The lowest BCUT2D eigenvalue weighted by Crippen LogP contribution is -2.00. The number of hydrogen-bond donors (Lipinski definition) is 0. The third kappa shape index (κ3) is 2.84. The van der Waals surface area contributed by atoms with Crippen LogP contribution in [0.2, 0.25) is 0 Å². The van der Waals surface area contributed by atoms with Crippen molar-refractivity contribution >= 4 is 16.7 Å². The van der Waals surface area contributed by atoms with Gasteiger partial charge in [-0.25, -0.2) is 0 Å². The molecule has 0 saturated heterocycles. The molecule has 2 heteroatoms. The molecule has 88 valence electrons. The SMILES string of the molecule is COC(=O)CCCc1cccc2ccccc12. The van der Waals surface area contributed by atoms with Crippen LogP contribution in [-0.2, 0) is 16.0 Å². The molecule has 17 heavy (non-hydrogen) atoms. The van der Waals surface area contributed by atoms with Gasteiger partial charge < -0.3 is 4.74 Å². The van der Waals surface area contributed by atoms with E-state index in [9.17, 15) is 4.79 Å². The zero-order valence-corrected chi connectivity index (χ0v) is 9.98. The molecule has 2 nitrogen and oxygen atoms in total. The molecule has 0 amide bonds. The molecule has 0 atom stereocenters. The van der Waals surface area contributed by atoms with Gasteiger partial charge in [0.15, 0.2) is 0 Å². The number of ether oxygens (including phenoxy) is 1. The van der Waals surface area contributed by atoms with E-state index < -0.39 is 0 Å². The second kappa shape index (κ2) is 5.48. The van der Waals surface area contributed by atoms with Crippen LogP contribution in [0.1, 0.15) is 18.4 Å². The Morgan fingerprint density at radius 2 is 1.88 bits per heavy atom. The van der Waals surface area contributed by atoms with E-state index in [4.69, 9.17) is 0 Å². The summed E-state index contributed by atoms with van der Waals surface area (Å²) in [6, 6.07) is 14.6. The van der Waals surface area contributed by atoms with Crippen LogP contribution in [0.25, 0.3) is 10.8 Å². The van der Waals surface area contributed by atoms with Gasteiger partial charge in [-0.1, -0.05) is 42.5 Å². The standard InChI is InChI=1S/C15H16O2/c1-17-15(16)11-5-9-13-8-4-7-12-6-2-3-10-14(12)13/h2-4,6-8,10H,5,9,11H2,1H3. The Morgan fingerprint density at radius 3 is 2.71 bits per heavy atom. The highest BCUT2D eigenvalue weighted by atomic mass is 16.5. The normalized spacial score (nSPS) is 10.4. The van der Waals surface area contributed by atoms with Crippen molar-refractivity contribution in [3.8, 4) is 0 Å². The van der Waals surface area contributed by atoms with Crippen molar-refractivity contribution in [1.29, 1.82) is 0 Å². The number of carbonyl (C=O) groups excluding carboxylic acids is 1. The Morgan fingerprint density at radius 1 is 1.12 bits per heavy atom. The van der Waals surface area contributed by atoms with Crippen molar-refractivity contribution in [2.45, 2.75) is 19.3 Å². The van der Waals surface area contributed by atoms with Crippen LogP contribution >= 0.6 is 0 Å². The smallest absolute Gasteiger partial charge is 0.305 e. The van der Waals surface area contributed by atoms with E-state index in [1.807, 2.05) is 12.1 Å². The second-order valence-corrected chi connectivity index (χ2v) is 4.07. The Kier molecular flexibility index (Phi) is 3.76. The zero-order valence-electron chi connectivity index (χ0n) is 9.98. The number of carbonyl (C=O) groups is 1. The lowest BCUT2D eigenvalue weighted by Gasteiger charge is -2.05. The highest BCUT2D eigenvalue weighted by molar-refractivity contribution is 5.85. The van der Waals surface area contributed by atoms with Crippen LogP contribution in [0, 0.1) is 0 Å². The minimum Gasteiger partial charge on any atom is -0.469 e. The summed E-state index contributed by atoms with van der Waals surface area (Å²) in [4.78, 5) is 11.0. The summed E-state index contributed by atoms with van der Waals surface area (Å²) in [6.07, 6.45) is 2.23. The first-order valence-electron chi connectivity index (χ1n) is 5.84. The molecular weight excluding hydrogens is 212 g/mol. The van der Waals surface area contributed by atoms with Crippen LogP contribution < -0.4 is 0 Å². The largest absolute Gasteiger partial charge is 0.469 e. The molecule has 0 fully saturated rings. The maximum atomic E-state index is 11.0. The molecule has 0 saturated carbocycles. The van der Waals surface area contributed by atoms with E-state index in [0.29, 0.717) is 6.42 Å². The number of esters is 1. The predicted octanol–water partition coefficient (Wildman–Crippen LogP) is 3.34. The summed E-state index contributed by atoms with van der Waals surface area (Å²) in [5.41, 5.74) is 1.30. The van der Waals surface area contributed by atoms with Gasteiger partial charge in [0.1, 0.15) is 0 Å². The lowest BCUT2D eigenvalue weighted by molar-refractivity contribution is -0.140. The predicted molar refractivity (Wildman–Crippen MR) is 68.9 cm³/mol. The average Bonchev–Trinajstić information content (AvgIpc) is 2.39. The fourth-order valence-electron chi connectivity index (χ4n) is 2.04. The number of methoxy groups -OCH3 is 1. The lowest BCUT2D eigenvalue weighted by atomic mass is 10.0. The molecule has 0 radical (unpaired) electrons. The van der Waals surface area contributed by atoms with Gasteiger partial charge in [0.05, 0.1) is 7.11 Å². The third-order valence-corrected chi connectivity index (χ3v) is 2.93. The van der Waals surface area contributed by atoms with E-state index in [1.165, 1.54) is 23.4 Å². The summed E-state index contributed by atoms with van der Waals surface area (Å²) in [5, 5.41) is 2.53. The van der Waals surface area contributed by atoms with Gasteiger partial charge in [-0.15, -0.1) is 0 Å². The Balaban J connectivity index is 2.11. The van der Waals surface area contributed by atoms with E-state index in [0.717, 1.165) is 12.8 Å². The minimum absolute atomic E-state index is 0.134. The summed E-state index contributed by atoms with van der Waals surface area (Å²) in [7, 11) is 1.43. The number of hydrogen-bond acceptors (Lipinski definition) is 2. The summed E-state index contributed by atoms with van der Waals surface area (Å²) >= 11 is 0. The molecule has 0 aliphatic rings. The summed E-state index contributed by atoms with van der Waals surface area (Å²) in [5.74, 6) is -0.134. The maximum Gasteiger partial charge on any atom is 0.305 e. The Bertz CT molecular complexity index is 512. The Hall–Kier alpha value is -1.83. The minimum atomic E-state index is -0.134. The molecule has 0 heterocycles. The number of aryl methyl sites for hydroxylation is 1. The number of benzene rings is 2. The van der Waals surface area contributed by atoms with Crippen molar-refractivity contribution in [3.05, 3.63) is 48.0 Å². The maximum absolute atomic E-state index is 11.0. The Labute approximate surface area is 101 Å².